The van der Waals surface area contributed by atoms with Gasteiger partial charge in [0.2, 0.25) is 0 Å². The van der Waals surface area contributed by atoms with Crippen LogP contribution in [0.15, 0.2) is 12.2 Å². The molecule has 0 aliphatic carbocycles. The third-order valence-electron chi connectivity index (χ3n) is 1.78. The van der Waals surface area contributed by atoms with Crippen LogP contribution in [0.2, 0.25) is 0 Å². The quantitative estimate of drug-likeness (QED) is 0.225. The summed E-state index contributed by atoms with van der Waals surface area (Å²) in [5.74, 6) is 0. The van der Waals surface area contributed by atoms with E-state index in [1.165, 1.54) is 10.8 Å². The van der Waals surface area contributed by atoms with Crippen LogP contribution in [0.4, 0.5) is 0 Å². The van der Waals surface area contributed by atoms with Gasteiger partial charge in [-0.3, -0.25) is 0 Å². The Morgan fingerprint density at radius 2 is 1.77 bits per heavy atom. The van der Waals surface area contributed by atoms with Crippen molar-refractivity contribution >= 4 is 22.6 Å². The molecule has 0 aromatic rings. The molecule has 0 bridgehead atoms. The van der Waals surface area contributed by atoms with Crippen LogP contribution in [0.3, 0.4) is 0 Å². The molecule has 0 amide bonds. The van der Waals surface area contributed by atoms with Gasteiger partial charge in [-0.15, -0.1) is 0 Å². The Labute approximate surface area is 94.8 Å². The molecule has 13 heavy (non-hydrogen) atoms. The lowest BCUT2D eigenvalue weighted by Crippen LogP contribution is -2.12. The molecule has 0 aliphatic heterocycles. The van der Waals surface area contributed by atoms with Crippen molar-refractivity contribution in [2.24, 2.45) is 0 Å². The Kier molecular flexibility index (Phi) is 10.8. The van der Waals surface area contributed by atoms with Gasteiger partial charge in [-0.25, -0.2) is 0 Å². The first-order valence-corrected chi connectivity index (χ1v) is 6.14. The molecule has 0 spiro atoms. The summed E-state index contributed by atoms with van der Waals surface area (Å²) < 4.78 is 11.4. The number of hydrogen-bond donors (Lipinski definition) is 0. The number of unbranched alkanes of at least 4 members (excludes halogenated alkanes) is 1. The first kappa shape index (κ1) is 13.4. The van der Waals surface area contributed by atoms with E-state index in [4.69, 9.17) is 9.47 Å². The van der Waals surface area contributed by atoms with Crippen LogP contribution in [0.5, 0.6) is 0 Å². The molecule has 0 atom stereocenters. The molecule has 0 heterocycles. The van der Waals surface area contributed by atoms with Crippen molar-refractivity contribution < 1.29 is 9.47 Å². The fraction of sp³-hybridized carbons (Fsp3) is 0.800. The van der Waals surface area contributed by atoms with Crippen molar-refractivity contribution in [3.05, 3.63) is 12.2 Å². The van der Waals surface area contributed by atoms with Gasteiger partial charge < -0.3 is 9.47 Å². The summed E-state index contributed by atoms with van der Waals surface area (Å²) in [6.07, 6.45) is 8.85. The molecular formula is C10H19IO2. The zero-order valence-electron chi connectivity index (χ0n) is 8.46. The van der Waals surface area contributed by atoms with E-state index >= 15 is 0 Å². The van der Waals surface area contributed by atoms with Crippen LogP contribution in [-0.2, 0) is 9.47 Å². The SMILES string of the molecule is COC(CCC/C=C/CCI)OC. The van der Waals surface area contributed by atoms with Crippen molar-refractivity contribution in [1.82, 2.24) is 0 Å². The summed E-state index contributed by atoms with van der Waals surface area (Å²) in [6, 6.07) is 0. The largest absolute Gasteiger partial charge is 0.356 e. The van der Waals surface area contributed by atoms with Gasteiger partial charge in [0.1, 0.15) is 0 Å². The summed E-state index contributed by atoms with van der Waals surface area (Å²) in [4.78, 5) is 0. The molecule has 0 saturated carbocycles. The second-order valence-corrected chi connectivity index (χ2v) is 3.86. The molecule has 0 aromatic heterocycles. The fourth-order valence-electron chi connectivity index (χ4n) is 1.03. The normalized spacial score (nSPS) is 11.7. The van der Waals surface area contributed by atoms with Crippen LogP contribution in [0.1, 0.15) is 25.7 Å². The summed E-state index contributed by atoms with van der Waals surface area (Å²) in [5.41, 5.74) is 0. The Morgan fingerprint density at radius 1 is 1.15 bits per heavy atom. The highest BCUT2D eigenvalue weighted by Gasteiger charge is 2.02. The summed E-state index contributed by atoms with van der Waals surface area (Å²) in [6.45, 7) is 0. The van der Waals surface area contributed by atoms with Gasteiger partial charge in [0.05, 0.1) is 0 Å². The van der Waals surface area contributed by atoms with Crippen LogP contribution < -0.4 is 0 Å². The standard InChI is InChI=1S/C10H19IO2/c1-12-10(13-2)8-6-4-3-5-7-9-11/h3,5,10H,4,6-9H2,1-2H3/b5-3+. The maximum absolute atomic E-state index is 5.08. The van der Waals surface area contributed by atoms with Crippen molar-refractivity contribution in [3.63, 3.8) is 0 Å². The van der Waals surface area contributed by atoms with Crippen LogP contribution >= 0.6 is 22.6 Å². The number of allylic oxidation sites excluding steroid dienone is 2. The minimum Gasteiger partial charge on any atom is -0.356 e. The molecule has 0 aromatic carbocycles. The van der Waals surface area contributed by atoms with Gasteiger partial charge >= 0.3 is 0 Å². The van der Waals surface area contributed by atoms with Crippen molar-refractivity contribution in [3.8, 4) is 0 Å². The van der Waals surface area contributed by atoms with Gasteiger partial charge in [0.15, 0.2) is 6.29 Å². The monoisotopic (exact) mass is 298 g/mol. The average Bonchev–Trinajstić information content (AvgIpc) is 2.17. The number of halogens is 1. The van der Waals surface area contributed by atoms with E-state index in [1.54, 1.807) is 14.2 Å². The second kappa shape index (κ2) is 10.5. The van der Waals surface area contributed by atoms with E-state index in [1.807, 2.05) is 0 Å². The molecule has 0 rings (SSSR count). The molecule has 78 valence electrons. The molecular weight excluding hydrogens is 279 g/mol. The highest BCUT2D eigenvalue weighted by molar-refractivity contribution is 14.1. The maximum atomic E-state index is 5.08. The third kappa shape index (κ3) is 8.71. The summed E-state index contributed by atoms with van der Waals surface area (Å²) >= 11 is 2.38. The number of alkyl halides is 1. The van der Waals surface area contributed by atoms with E-state index in [-0.39, 0.29) is 6.29 Å². The lowest BCUT2D eigenvalue weighted by atomic mass is 10.2. The zero-order valence-corrected chi connectivity index (χ0v) is 10.6. The van der Waals surface area contributed by atoms with Gasteiger partial charge in [0.25, 0.3) is 0 Å². The average molecular weight is 298 g/mol. The molecule has 0 fully saturated rings. The summed E-state index contributed by atoms with van der Waals surface area (Å²) in [5, 5.41) is 0. The molecule has 0 aliphatic rings. The van der Waals surface area contributed by atoms with Gasteiger partial charge in [-0.2, -0.15) is 0 Å². The van der Waals surface area contributed by atoms with Crippen molar-refractivity contribution in [2.75, 3.05) is 18.6 Å². The maximum Gasteiger partial charge on any atom is 0.156 e. The molecule has 0 radical (unpaired) electrons. The number of ether oxygens (including phenoxy) is 2. The van der Waals surface area contributed by atoms with Crippen LogP contribution in [-0.4, -0.2) is 24.9 Å². The fourth-order valence-corrected chi connectivity index (χ4v) is 1.39. The molecule has 0 unspecified atom stereocenters. The highest BCUT2D eigenvalue weighted by Crippen LogP contribution is 2.05. The molecule has 2 nitrogen and oxygen atoms in total. The number of methoxy groups -OCH3 is 2. The topological polar surface area (TPSA) is 18.5 Å². The minimum absolute atomic E-state index is 0.0297. The minimum atomic E-state index is -0.0297. The third-order valence-corrected chi connectivity index (χ3v) is 2.40. The van der Waals surface area contributed by atoms with E-state index in [0.717, 1.165) is 19.3 Å². The molecule has 0 N–H and O–H groups in total. The Morgan fingerprint density at radius 3 is 2.31 bits per heavy atom. The predicted molar refractivity (Wildman–Crippen MR) is 64.3 cm³/mol. The summed E-state index contributed by atoms with van der Waals surface area (Å²) in [7, 11) is 3.36. The lowest BCUT2D eigenvalue weighted by molar-refractivity contribution is -0.106. The Hall–Kier alpha value is 0.390. The van der Waals surface area contributed by atoms with Gasteiger partial charge in [-0.05, 0) is 25.7 Å². The lowest BCUT2D eigenvalue weighted by Gasteiger charge is -2.11. The van der Waals surface area contributed by atoms with Crippen molar-refractivity contribution in [2.45, 2.75) is 32.0 Å². The van der Waals surface area contributed by atoms with Crippen molar-refractivity contribution in [1.29, 1.82) is 0 Å². The first-order valence-electron chi connectivity index (χ1n) is 4.61. The van der Waals surface area contributed by atoms with Gasteiger partial charge in [0, 0.05) is 18.6 Å². The Balaban J connectivity index is 3.23. The second-order valence-electron chi connectivity index (χ2n) is 2.78. The van der Waals surface area contributed by atoms with Crippen LogP contribution in [0.25, 0.3) is 0 Å². The molecule has 3 heteroatoms. The smallest absolute Gasteiger partial charge is 0.156 e. The highest BCUT2D eigenvalue weighted by atomic mass is 127. The van der Waals surface area contributed by atoms with Gasteiger partial charge in [-0.1, -0.05) is 34.7 Å². The number of rotatable bonds is 8. The predicted octanol–water partition coefficient (Wildman–Crippen LogP) is 3.16. The number of hydrogen-bond acceptors (Lipinski definition) is 2. The Bertz CT molecular complexity index is 122. The van der Waals surface area contributed by atoms with E-state index < -0.39 is 0 Å². The van der Waals surface area contributed by atoms with Crippen LogP contribution in [0, 0.1) is 0 Å². The van der Waals surface area contributed by atoms with E-state index in [9.17, 15) is 0 Å². The molecule has 0 saturated heterocycles. The van der Waals surface area contributed by atoms with E-state index in [0.29, 0.717) is 0 Å². The van der Waals surface area contributed by atoms with E-state index in [2.05, 4.69) is 34.7 Å². The zero-order chi connectivity index (χ0) is 9.94. The first-order chi connectivity index (χ1) is 6.35.